The first-order valence-electron chi connectivity index (χ1n) is 16.5. The van der Waals surface area contributed by atoms with Crippen molar-refractivity contribution in [1.82, 2.24) is 0 Å². The molecule has 8 rings (SSSR count). The second-order valence-corrected chi connectivity index (χ2v) is 35.7. The van der Waals surface area contributed by atoms with Gasteiger partial charge in [0.15, 0.2) is 0 Å². The molecular formula is C43H42HfSi. The molecule has 2 heteroatoms. The van der Waals surface area contributed by atoms with E-state index in [2.05, 4.69) is 159 Å². The Balaban J connectivity index is 1.43. The molecule has 5 aromatic carbocycles. The standard InChI is InChI=1S/C41H36Si.2CH3.Hf/c1-27-13-9-14-28(2)40(27)36-21-11-17-31-23-34(25-38(31)36)42(5,33-19-7-6-8-20-33)35-24-32-18-12-22-37(39(32)26-35)41-29(3)15-10-16-30(41)4;;;/h6-26H,1-5H3;2*1H3;. The summed E-state index contributed by atoms with van der Waals surface area (Å²) >= 11 is -3.17. The molecule has 2 atom stereocenters. The van der Waals surface area contributed by atoms with Crippen molar-refractivity contribution in [2.24, 2.45) is 0 Å². The van der Waals surface area contributed by atoms with Crippen LogP contribution >= 0.6 is 0 Å². The Kier molecular flexibility index (Phi) is 6.69. The van der Waals surface area contributed by atoms with Gasteiger partial charge in [-0.05, 0) is 0 Å². The van der Waals surface area contributed by atoms with Crippen LogP contribution in [0.1, 0.15) is 51.9 Å². The minimum absolute atomic E-state index is 0.589. The molecule has 0 N–H and O–H groups in total. The fourth-order valence-electron chi connectivity index (χ4n) is 9.63. The second kappa shape index (κ2) is 10.3. The molecule has 0 aromatic heterocycles. The van der Waals surface area contributed by atoms with E-state index in [1.807, 2.05) is 0 Å². The summed E-state index contributed by atoms with van der Waals surface area (Å²) in [5.74, 6) is 0. The molecule has 1 heterocycles. The molecule has 1 fully saturated rings. The summed E-state index contributed by atoms with van der Waals surface area (Å²) in [7, 11) is -2.28. The number of fused-ring (bicyclic) bond motifs is 6. The molecule has 45 heavy (non-hydrogen) atoms. The van der Waals surface area contributed by atoms with Crippen molar-refractivity contribution in [3.05, 3.63) is 158 Å². The van der Waals surface area contributed by atoms with Gasteiger partial charge in [-0.3, -0.25) is 0 Å². The molecule has 0 amide bonds. The van der Waals surface area contributed by atoms with Crippen LogP contribution in [-0.2, 0) is 20.0 Å². The molecular weight excluding hydrogens is 723 g/mol. The Hall–Kier alpha value is -3.33. The maximum absolute atomic E-state index is 3.17. The second-order valence-electron chi connectivity index (χ2n) is 14.5. The summed E-state index contributed by atoms with van der Waals surface area (Å²) in [6.45, 7) is 11.8. The summed E-state index contributed by atoms with van der Waals surface area (Å²) < 4.78 is 6.74. The number of benzene rings is 5. The molecule has 2 unspecified atom stereocenters. The quantitative estimate of drug-likeness (QED) is 0.161. The predicted octanol–water partition coefficient (Wildman–Crippen LogP) is 11.2. The van der Waals surface area contributed by atoms with Gasteiger partial charge < -0.3 is 0 Å². The van der Waals surface area contributed by atoms with Crippen molar-refractivity contribution in [2.45, 2.75) is 51.0 Å². The monoisotopic (exact) mass is 766 g/mol. The average Bonchev–Trinajstić information content (AvgIpc) is 3.63. The molecule has 0 bridgehead atoms. The molecule has 222 valence electrons. The minimum atomic E-state index is -3.17. The van der Waals surface area contributed by atoms with Crippen LogP contribution in [0.15, 0.2) is 114 Å². The van der Waals surface area contributed by atoms with Crippen LogP contribution in [0.3, 0.4) is 0 Å². The van der Waals surface area contributed by atoms with Gasteiger partial charge in [0.25, 0.3) is 0 Å². The Labute approximate surface area is 274 Å². The molecule has 0 nitrogen and oxygen atoms in total. The first-order chi connectivity index (χ1) is 21.6. The first kappa shape index (κ1) is 29.1. The normalized spacial score (nSPS) is 22.2. The fraction of sp³-hybridized carbons (Fsp3) is 0.209. The maximum atomic E-state index is 2.78. The van der Waals surface area contributed by atoms with Crippen LogP contribution < -0.4 is 5.19 Å². The van der Waals surface area contributed by atoms with Gasteiger partial charge >= 0.3 is 277 Å². The van der Waals surface area contributed by atoms with Crippen LogP contribution in [0.25, 0.3) is 34.4 Å². The van der Waals surface area contributed by atoms with E-state index in [9.17, 15) is 0 Å². The molecule has 0 saturated carbocycles. The number of hydrogen-bond acceptors (Lipinski definition) is 0. The topological polar surface area (TPSA) is 0 Å². The summed E-state index contributed by atoms with van der Waals surface area (Å²) in [6, 6.07) is 39.7. The molecule has 0 spiro atoms. The van der Waals surface area contributed by atoms with Crippen LogP contribution in [0, 0.1) is 27.7 Å². The van der Waals surface area contributed by atoms with Gasteiger partial charge in [0.05, 0.1) is 0 Å². The van der Waals surface area contributed by atoms with Crippen LogP contribution in [0.4, 0.5) is 0 Å². The number of rotatable bonds is 3. The van der Waals surface area contributed by atoms with Gasteiger partial charge in [-0.25, -0.2) is 0 Å². The zero-order valence-corrected chi connectivity index (χ0v) is 32.2. The molecule has 3 aliphatic rings. The van der Waals surface area contributed by atoms with E-state index in [1.165, 1.54) is 55.6 Å². The van der Waals surface area contributed by atoms with Crippen molar-refractivity contribution >= 4 is 25.4 Å². The van der Waals surface area contributed by atoms with Crippen LogP contribution in [0.5, 0.6) is 0 Å². The number of allylic oxidation sites excluding steroid dienone is 2. The summed E-state index contributed by atoms with van der Waals surface area (Å²) in [6.07, 6.45) is 5.43. The third kappa shape index (κ3) is 4.04. The van der Waals surface area contributed by atoms with Gasteiger partial charge in [0.2, 0.25) is 0 Å². The molecule has 0 radical (unpaired) electrons. The van der Waals surface area contributed by atoms with E-state index in [4.69, 9.17) is 0 Å². The third-order valence-electron chi connectivity index (χ3n) is 11.6. The van der Waals surface area contributed by atoms with Crippen LogP contribution in [0.2, 0.25) is 15.9 Å². The Morgan fingerprint density at radius 3 is 1.31 bits per heavy atom. The molecule has 2 aliphatic carbocycles. The first-order valence-corrected chi connectivity index (χ1v) is 30.4. The van der Waals surface area contributed by atoms with E-state index in [0.29, 0.717) is 7.35 Å². The fourth-order valence-corrected chi connectivity index (χ4v) is 41.3. The van der Waals surface area contributed by atoms with E-state index in [0.717, 1.165) is 0 Å². The summed E-state index contributed by atoms with van der Waals surface area (Å²) in [5.41, 5.74) is 17.4. The molecule has 1 aliphatic heterocycles. The van der Waals surface area contributed by atoms with E-state index in [1.54, 1.807) is 26.7 Å². The van der Waals surface area contributed by atoms with Crippen molar-refractivity contribution in [2.75, 3.05) is 0 Å². The van der Waals surface area contributed by atoms with Crippen molar-refractivity contribution in [3.63, 3.8) is 0 Å². The SMILES string of the molecule is Cc1cccc(C)c1-c1cccc2c1C=C1[CH]2[Hf]([CH3])([CH3])[CH]2C(=Cc3c(-c4c(C)cccc4C)cccc32)[Si]1(C)c1ccccc1. The molecule has 1 saturated heterocycles. The van der Waals surface area contributed by atoms with E-state index >= 15 is 0 Å². The summed E-state index contributed by atoms with van der Waals surface area (Å²) in [4.78, 5) is 0. The summed E-state index contributed by atoms with van der Waals surface area (Å²) in [5, 5.41) is 5.11. The van der Waals surface area contributed by atoms with Gasteiger partial charge in [0, 0.05) is 0 Å². The average molecular weight is 765 g/mol. The van der Waals surface area contributed by atoms with E-state index in [-0.39, 0.29) is 0 Å². The third-order valence-corrected chi connectivity index (χ3v) is 33.5. The predicted molar refractivity (Wildman–Crippen MR) is 194 cm³/mol. The van der Waals surface area contributed by atoms with Gasteiger partial charge in [-0.1, -0.05) is 0 Å². The number of aryl methyl sites for hydroxylation is 4. The van der Waals surface area contributed by atoms with Crippen molar-refractivity contribution in [3.8, 4) is 22.3 Å². The molecule has 5 aromatic rings. The van der Waals surface area contributed by atoms with E-state index < -0.39 is 28.0 Å². The zero-order chi connectivity index (χ0) is 31.2. The van der Waals surface area contributed by atoms with Gasteiger partial charge in [0.1, 0.15) is 0 Å². The Morgan fingerprint density at radius 1 is 0.489 bits per heavy atom. The number of hydrogen-bond donors (Lipinski definition) is 0. The van der Waals surface area contributed by atoms with Crippen molar-refractivity contribution in [1.29, 1.82) is 0 Å². The Morgan fingerprint density at radius 2 is 0.889 bits per heavy atom. The van der Waals surface area contributed by atoms with Gasteiger partial charge in [-0.15, -0.1) is 0 Å². The van der Waals surface area contributed by atoms with Crippen LogP contribution in [-0.4, -0.2) is 8.07 Å². The Bertz CT molecular complexity index is 1930. The zero-order valence-electron chi connectivity index (χ0n) is 27.6. The van der Waals surface area contributed by atoms with Crippen molar-refractivity contribution < 1.29 is 20.0 Å². The van der Waals surface area contributed by atoms with Gasteiger partial charge in [-0.2, -0.15) is 0 Å².